The van der Waals surface area contributed by atoms with Crippen molar-refractivity contribution in [3.63, 3.8) is 0 Å². The molecule has 0 radical (unpaired) electrons. The van der Waals surface area contributed by atoms with Gasteiger partial charge in [-0.1, -0.05) is 44.8 Å². The van der Waals surface area contributed by atoms with Gasteiger partial charge in [-0.25, -0.2) is 0 Å². The molecule has 1 rings (SSSR count). The Morgan fingerprint density at radius 1 is 1.47 bits per heavy atom. The number of carbonyl (C=O) groups excluding carboxylic acids is 1. The van der Waals surface area contributed by atoms with E-state index in [9.17, 15) is 4.79 Å². The fourth-order valence-electron chi connectivity index (χ4n) is 1.39. The van der Waals surface area contributed by atoms with Gasteiger partial charge in [0.25, 0.3) is 0 Å². The summed E-state index contributed by atoms with van der Waals surface area (Å²) in [5, 5.41) is 0. The fourth-order valence-corrected chi connectivity index (χ4v) is 2.47. The van der Waals surface area contributed by atoms with E-state index in [2.05, 4.69) is 50.9 Å². The van der Waals surface area contributed by atoms with Crippen molar-refractivity contribution < 1.29 is 4.79 Å². The molecular weight excluding hydrogens is 320 g/mol. The van der Waals surface area contributed by atoms with E-state index >= 15 is 0 Å². The molecule has 1 unspecified atom stereocenters. The fraction of sp³-hybridized carbons (Fsp3) is 0.417. The summed E-state index contributed by atoms with van der Waals surface area (Å²) in [5.74, 6) is 0.259. The van der Waals surface area contributed by atoms with Gasteiger partial charge in [0, 0.05) is 10.9 Å². The molecule has 0 aliphatic rings. The van der Waals surface area contributed by atoms with E-state index in [0.717, 1.165) is 10.9 Å². The molecule has 15 heavy (non-hydrogen) atoms. The van der Waals surface area contributed by atoms with Crippen LogP contribution in [0, 0.1) is 6.92 Å². The first kappa shape index (κ1) is 12.9. The quantitative estimate of drug-likeness (QED) is 0.760. The van der Waals surface area contributed by atoms with Crippen LogP contribution < -0.4 is 0 Å². The summed E-state index contributed by atoms with van der Waals surface area (Å²) in [6.45, 7) is 3.96. The summed E-state index contributed by atoms with van der Waals surface area (Å²) in [4.78, 5) is 11.4. The highest BCUT2D eigenvalue weighted by Crippen LogP contribution is 2.20. The molecule has 1 nitrogen and oxygen atoms in total. The average molecular weight is 334 g/mol. The minimum atomic E-state index is -0.0597. The number of alkyl halides is 1. The maximum absolute atomic E-state index is 11.5. The third kappa shape index (κ3) is 3.72. The smallest absolute Gasteiger partial charge is 0.146 e. The molecule has 0 saturated carbocycles. The standard InChI is InChI=1S/C12H14Br2O/c1-3-12(15)11(14)7-9-6-10(13)5-4-8(9)2/h4-6,11H,3,7H2,1-2H3. The molecule has 0 bridgehead atoms. The number of aryl methyl sites for hydroxylation is 1. The normalized spacial score (nSPS) is 12.5. The van der Waals surface area contributed by atoms with Crippen LogP contribution in [0.25, 0.3) is 0 Å². The van der Waals surface area contributed by atoms with Crippen molar-refractivity contribution in [3.05, 3.63) is 33.8 Å². The second-order valence-electron chi connectivity index (χ2n) is 3.56. The molecule has 0 saturated heterocycles. The Morgan fingerprint density at radius 3 is 2.73 bits per heavy atom. The molecule has 0 spiro atoms. The second kappa shape index (κ2) is 5.80. The molecule has 0 aliphatic carbocycles. The highest BCUT2D eigenvalue weighted by molar-refractivity contribution is 9.10. The van der Waals surface area contributed by atoms with Crippen LogP contribution in [-0.2, 0) is 11.2 Å². The monoisotopic (exact) mass is 332 g/mol. The van der Waals surface area contributed by atoms with Crippen LogP contribution in [0.15, 0.2) is 22.7 Å². The minimum Gasteiger partial charge on any atom is -0.298 e. The number of hydrogen-bond donors (Lipinski definition) is 0. The number of ketones is 1. The van der Waals surface area contributed by atoms with E-state index in [-0.39, 0.29) is 10.6 Å². The van der Waals surface area contributed by atoms with Crippen LogP contribution in [0.1, 0.15) is 24.5 Å². The van der Waals surface area contributed by atoms with Gasteiger partial charge in [0.05, 0.1) is 4.83 Å². The molecule has 0 aliphatic heterocycles. The molecule has 0 heterocycles. The largest absolute Gasteiger partial charge is 0.298 e. The van der Waals surface area contributed by atoms with Crippen molar-refractivity contribution in [3.8, 4) is 0 Å². The molecule has 1 aromatic carbocycles. The van der Waals surface area contributed by atoms with Crippen LogP contribution in [0.5, 0.6) is 0 Å². The number of benzene rings is 1. The zero-order chi connectivity index (χ0) is 11.4. The van der Waals surface area contributed by atoms with E-state index in [1.54, 1.807) is 0 Å². The van der Waals surface area contributed by atoms with Crippen LogP contribution in [0.4, 0.5) is 0 Å². The van der Waals surface area contributed by atoms with E-state index in [4.69, 9.17) is 0 Å². The van der Waals surface area contributed by atoms with Crippen molar-refractivity contribution in [2.75, 3.05) is 0 Å². The van der Waals surface area contributed by atoms with Crippen LogP contribution in [0.3, 0.4) is 0 Å². The first-order valence-electron chi connectivity index (χ1n) is 4.96. The Hall–Kier alpha value is -0.150. The highest BCUT2D eigenvalue weighted by atomic mass is 79.9. The Labute approximate surface area is 108 Å². The summed E-state index contributed by atoms with van der Waals surface area (Å²) in [5.41, 5.74) is 2.44. The lowest BCUT2D eigenvalue weighted by Crippen LogP contribution is -2.15. The number of carbonyl (C=O) groups is 1. The molecule has 0 N–H and O–H groups in total. The predicted molar refractivity (Wildman–Crippen MR) is 70.6 cm³/mol. The van der Waals surface area contributed by atoms with Crippen molar-refractivity contribution in [1.82, 2.24) is 0 Å². The lowest BCUT2D eigenvalue weighted by atomic mass is 10.0. The minimum absolute atomic E-state index is 0.0597. The number of halogens is 2. The Balaban J connectivity index is 2.80. The SMILES string of the molecule is CCC(=O)C(Br)Cc1cc(Br)ccc1C. The van der Waals surface area contributed by atoms with E-state index in [1.165, 1.54) is 11.1 Å². The Kier molecular flexibility index (Phi) is 5.00. The zero-order valence-corrected chi connectivity index (χ0v) is 12.1. The van der Waals surface area contributed by atoms with Crippen molar-refractivity contribution in [1.29, 1.82) is 0 Å². The van der Waals surface area contributed by atoms with E-state index in [0.29, 0.717) is 6.42 Å². The van der Waals surface area contributed by atoms with Gasteiger partial charge in [0.1, 0.15) is 5.78 Å². The molecule has 1 aromatic rings. The van der Waals surface area contributed by atoms with Gasteiger partial charge in [-0.15, -0.1) is 0 Å². The molecule has 1 atom stereocenters. The molecule has 0 fully saturated rings. The number of rotatable bonds is 4. The topological polar surface area (TPSA) is 17.1 Å². The van der Waals surface area contributed by atoms with Crippen molar-refractivity contribution in [2.45, 2.75) is 31.5 Å². The highest BCUT2D eigenvalue weighted by Gasteiger charge is 2.14. The Morgan fingerprint density at radius 2 is 2.13 bits per heavy atom. The maximum atomic E-state index is 11.5. The lowest BCUT2D eigenvalue weighted by Gasteiger charge is -2.10. The van der Waals surface area contributed by atoms with E-state index in [1.807, 2.05) is 13.0 Å². The second-order valence-corrected chi connectivity index (χ2v) is 5.58. The van der Waals surface area contributed by atoms with Gasteiger partial charge in [0.2, 0.25) is 0 Å². The van der Waals surface area contributed by atoms with Crippen LogP contribution in [-0.4, -0.2) is 10.6 Å². The van der Waals surface area contributed by atoms with Crippen LogP contribution >= 0.6 is 31.9 Å². The summed E-state index contributed by atoms with van der Waals surface area (Å²) in [7, 11) is 0. The summed E-state index contributed by atoms with van der Waals surface area (Å²) >= 11 is 6.87. The zero-order valence-electron chi connectivity index (χ0n) is 8.89. The third-order valence-electron chi connectivity index (χ3n) is 2.41. The summed E-state index contributed by atoms with van der Waals surface area (Å²) in [6.07, 6.45) is 1.35. The number of Topliss-reactive ketones (excluding diaryl/α,β-unsaturated/α-hetero) is 1. The first-order valence-corrected chi connectivity index (χ1v) is 6.67. The van der Waals surface area contributed by atoms with Crippen molar-refractivity contribution >= 4 is 37.6 Å². The van der Waals surface area contributed by atoms with Gasteiger partial charge >= 0.3 is 0 Å². The van der Waals surface area contributed by atoms with Gasteiger partial charge in [-0.05, 0) is 36.6 Å². The van der Waals surface area contributed by atoms with Gasteiger partial charge in [0.15, 0.2) is 0 Å². The average Bonchev–Trinajstić information content (AvgIpc) is 2.22. The van der Waals surface area contributed by atoms with Gasteiger partial charge < -0.3 is 0 Å². The van der Waals surface area contributed by atoms with Crippen molar-refractivity contribution in [2.24, 2.45) is 0 Å². The summed E-state index contributed by atoms with van der Waals surface area (Å²) in [6, 6.07) is 6.16. The molecule has 3 heteroatoms. The predicted octanol–water partition coefficient (Wildman–Crippen LogP) is 4.04. The number of hydrogen-bond acceptors (Lipinski definition) is 1. The summed E-state index contributed by atoms with van der Waals surface area (Å²) < 4.78 is 1.06. The molecular formula is C12H14Br2O. The lowest BCUT2D eigenvalue weighted by molar-refractivity contribution is -0.118. The third-order valence-corrected chi connectivity index (χ3v) is 3.74. The van der Waals surface area contributed by atoms with Crippen LogP contribution in [0.2, 0.25) is 0 Å². The molecule has 0 amide bonds. The molecule has 82 valence electrons. The molecule has 0 aromatic heterocycles. The van der Waals surface area contributed by atoms with Gasteiger partial charge in [-0.2, -0.15) is 0 Å². The first-order chi connectivity index (χ1) is 7.04. The van der Waals surface area contributed by atoms with Gasteiger partial charge in [-0.3, -0.25) is 4.79 Å². The Bertz CT molecular complexity index is 361. The van der Waals surface area contributed by atoms with E-state index < -0.39 is 0 Å². The maximum Gasteiger partial charge on any atom is 0.146 e.